The second kappa shape index (κ2) is 10.2. The van der Waals surface area contributed by atoms with Crippen molar-refractivity contribution in [1.29, 1.82) is 0 Å². The molecule has 0 aliphatic carbocycles. The van der Waals surface area contributed by atoms with Crippen molar-refractivity contribution >= 4 is 23.4 Å². The van der Waals surface area contributed by atoms with Crippen LogP contribution >= 0.6 is 0 Å². The minimum Gasteiger partial charge on any atom is -0.492 e. The number of ether oxygens (including phenoxy) is 3. The van der Waals surface area contributed by atoms with Gasteiger partial charge in [0.05, 0.1) is 19.3 Å². The van der Waals surface area contributed by atoms with Gasteiger partial charge in [-0.1, -0.05) is 6.07 Å². The molecule has 2 amide bonds. The van der Waals surface area contributed by atoms with Gasteiger partial charge >= 0.3 is 12.3 Å². The Morgan fingerprint density at radius 3 is 2.35 bits per heavy atom. The molecule has 0 spiro atoms. The predicted molar refractivity (Wildman–Crippen MR) is 119 cm³/mol. The molecule has 0 atom stereocenters. The summed E-state index contributed by atoms with van der Waals surface area (Å²) in [7, 11) is 2.97. The first kappa shape index (κ1) is 24.5. The van der Waals surface area contributed by atoms with E-state index in [0.29, 0.717) is 5.69 Å². The highest BCUT2D eigenvalue weighted by Gasteiger charge is 2.30. The number of amides is 2. The van der Waals surface area contributed by atoms with Gasteiger partial charge in [-0.05, 0) is 49.4 Å². The Bertz CT molecular complexity index is 1170. The number of aromatic nitrogens is 1. The van der Waals surface area contributed by atoms with Crippen molar-refractivity contribution in [3.8, 4) is 17.2 Å². The molecular weight excluding hydrogens is 455 g/mol. The molecule has 11 heteroatoms. The van der Waals surface area contributed by atoms with Crippen LogP contribution in [0.2, 0.25) is 0 Å². The number of carbonyl (C=O) groups is 2. The third-order valence-electron chi connectivity index (χ3n) is 4.58. The number of methoxy groups -OCH3 is 1. The summed E-state index contributed by atoms with van der Waals surface area (Å²) in [5, 5.41) is 5.21. The lowest BCUT2D eigenvalue weighted by molar-refractivity contribution is -0.137. The molecule has 1 heterocycles. The molecule has 0 unspecified atom stereocenters. The number of benzene rings is 2. The maximum atomic E-state index is 12.9. The van der Waals surface area contributed by atoms with Gasteiger partial charge in [-0.3, -0.25) is 10.1 Å². The molecule has 0 aliphatic rings. The van der Waals surface area contributed by atoms with Crippen LogP contribution in [-0.2, 0) is 18.0 Å². The van der Waals surface area contributed by atoms with Gasteiger partial charge in [-0.15, -0.1) is 0 Å². The van der Waals surface area contributed by atoms with Crippen molar-refractivity contribution in [3.05, 3.63) is 66.0 Å². The zero-order chi connectivity index (χ0) is 24.9. The average molecular weight is 477 g/mol. The van der Waals surface area contributed by atoms with Crippen LogP contribution in [0.15, 0.2) is 54.7 Å². The Morgan fingerprint density at radius 2 is 1.74 bits per heavy atom. The van der Waals surface area contributed by atoms with Gasteiger partial charge < -0.3 is 24.1 Å². The number of rotatable bonds is 7. The van der Waals surface area contributed by atoms with Gasteiger partial charge in [0.25, 0.3) is 5.91 Å². The van der Waals surface area contributed by atoms with E-state index in [1.54, 1.807) is 14.0 Å². The molecule has 34 heavy (non-hydrogen) atoms. The standard InChI is InChI=1S/C23H22F3N3O5/c1-4-33-22(31)28-18-13-29(2)19(20(18)32-3)21(30)27-15-8-10-16(11-9-15)34-17-7-5-6-14(12-17)23(24,25)26/h5-13H,4H2,1-3H3,(H,27,30)(H,28,31). The second-order valence-corrected chi connectivity index (χ2v) is 6.99. The van der Waals surface area contributed by atoms with Crippen molar-refractivity contribution < 1.29 is 37.0 Å². The topological polar surface area (TPSA) is 90.8 Å². The molecule has 0 fully saturated rings. The Hall–Kier alpha value is -4.15. The van der Waals surface area contributed by atoms with Gasteiger partial charge in [0.1, 0.15) is 17.2 Å². The number of nitrogens with zero attached hydrogens (tertiary/aromatic N) is 1. The van der Waals surface area contributed by atoms with Crippen molar-refractivity contribution in [2.24, 2.45) is 7.05 Å². The third-order valence-corrected chi connectivity index (χ3v) is 4.58. The Labute approximate surface area is 193 Å². The minimum absolute atomic E-state index is 0.0294. The molecule has 2 N–H and O–H groups in total. The van der Waals surface area contributed by atoms with E-state index in [9.17, 15) is 22.8 Å². The number of hydrogen-bond acceptors (Lipinski definition) is 5. The summed E-state index contributed by atoms with van der Waals surface area (Å²) in [5.74, 6) is -0.0446. The van der Waals surface area contributed by atoms with E-state index < -0.39 is 23.7 Å². The highest BCUT2D eigenvalue weighted by molar-refractivity contribution is 6.07. The van der Waals surface area contributed by atoms with Crippen LogP contribution in [0, 0.1) is 0 Å². The number of anilines is 2. The smallest absolute Gasteiger partial charge is 0.416 e. The third kappa shape index (κ3) is 5.80. The first-order valence-corrected chi connectivity index (χ1v) is 10.1. The summed E-state index contributed by atoms with van der Waals surface area (Å²) in [6, 6.07) is 10.6. The number of nitrogens with one attached hydrogen (secondary N) is 2. The summed E-state index contributed by atoms with van der Waals surface area (Å²) in [6.07, 6.45) is -3.65. The van der Waals surface area contributed by atoms with E-state index in [1.165, 1.54) is 54.3 Å². The normalized spacial score (nSPS) is 11.0. The van der Waals surface area contributed by atoms with Crippen molar-refractivity contribution in [2.75, 3.05) is 24.4 Å². The lowest BCUT2D eigenvalue weighted by Crippen LogP contribution is -2.16. The van der Waals surface area contributed by atoms with Crippen molar-refractivity contribution in [2.45, 2.75) is 13.1 Å². The van der Waals surface area contributed by atoms with Crippen LogP contribution in [0.25, 0.3) is 0 Å². The van der Waals surface area contributed by atoms with Crippen molar-refractivity contribution in [3.63, 3.8) is 0 Å². The number of hydrogen-bond donors (Lipinski definition) is 2. The Morgan fingerprint density at radius 1 is 1.03 bits per heavy atom. The molecular formula is C23H22F3N3O5. The molecule has 3 rings (SSSR count). The van der Waals surface area contributed by atoms with E-state index in [4.69, 9.17) is 14.2 Å². The molecule has 2 aromatic carbocycles. The van der Waals surface area contributed by atoms with Crippen LogP contribution in [0.1, 0.15) is 23.0 Å². The fourth-order valence-corrected chi connectivity index (χ4v) is 3.11. The van der Waals surface area contributed by atoms with Gasteiger partial charge in [0.15, 0.2) is 11.4 Å². The number of alkyl halides is 3. The largest absolute Gasteiger partial charge is 0.492 e. The zero-order valence-electron chi connectivity index (χ0n) is 18.5. The molecule has 0 saturated heterocycles. The van der Waals surface area contributed by atoms with Gasteiger partial charge in [-0.2, -0.15) is 13.2 Å². The average Bonchev–Trinajstić information content (AvgIpc) is 3.09. The lowest BCUT2D eigenvalue weighted by Gasteiger charge is -2.11. The molecule has 0 saturated carbocycles. The highest BCUT2D eigenvalue weighted by Crippen LogP contribution is 2.34. The fraction of sp³-hybridized carbons (Fsp3) is 0.217. The van der Waals surface area contributed by atoms with Crippen LogP contribution < -0.4 is 20.1 Å². The monoisotopic (exact) mass is 477 g/mol. The van der Waals surface area contributed by atoms with Gasteiger partial charge in [0, 0.05) is 18.9 Å². The quantitative estimate of drug-likeness (QED) is 0.458. The summed E-state index contributed by atoms with van der Waals surface area (Å²) in [6.45, 7) is 1.85. The number of halogens is 3. The van der Waals surface area contributed by atoms with Gasteiger partial charge in [0.2, 0.25) is 0 Å². The molecule has 0 radical (unpaired) electrons. The fourth-order valence-electron chi connectivity index (χ4n) is 3.11. The second-order valence-electron chi connectivity index (χ2n) is 6.99. The molecule has 3 aromatic rings. The number of carbonyl (C=O) groups excluding carboxylic acids is 2. The SMILES string of the molecule is CCOC(=O)Nc1cn(C)c(C(=O)Nc2ccc(Oc3cccc(C(F)(F)F)c3)cc2)c1OC. The Balaban J connectivity index is 1.72. The zero-order valence-corrected chi connectivity index (χ0v) is 18.5. The highest BCUT2D eigenvalue weighted by atomic mass is 19.4. The van der Waals surface area contributed by atoms with E-state index >= 15 is 0 Å². The maximum absolute atomic E-state index is 12.9. The van der Waals surface area contributed by atoms with E-state index in [0.717, 1.165) is 12.1 Å². The lowest BCUT2D eigenvalue weighted by atomic mass is 10.2. The first-order chi connectivity index (χ1) is 16.1. The van der Waals surface area contributed by atoms with Crippen molar-refractivity contribution in [1.82, 2.24) is 4.57 Å². The summed E-state index contributed by atoms with van der Waals surface area (Å²) in [5.41, 5.74) is 0.00351. The van der Waals surface area contributed by atoms with Crippen LogP contribution in [-0.4, -0.2) is 30.3 Å². The molecule has 0 aliphatic heterocycles. The van der Waals surface area contributed by atoms with Crippen LogP contribution in [0.5, 0.6) is 17.2 Å². The molecule has 8 nitrogen and oxygen atoms in total. The first-order valence-electron chi connectivity index (χ1n) is 10.1. The van der Waals surface area contributed by atoms with Crippen LogP contribution in [0.4, 0.5) is 29.3 Å². The van der Waals surface area contributed by atoms with E-state index in [2.05, 4.69) is 10.6 Å². The minimum atomic E-state index is -4.47. The molecule has 180 valence electrons. The number of aryl methyl sites for hydroxylation is 1. The van der Waals surface area contributed by atoms with E-state index in [1.807, 2.05) is 0 Å². The summed E-state index contributed by atoms with van der Waals surface area (Å²) < 4.78 is 55.7. The molecule has 0 bridgehead atoms. The molecule has 1 aromatic heterocycles. The summed E-state index contributed by atoms with van der Waals surface area (Å²) >= 11 is 0. The summed E-state index contributed by atoms with van der Waals surface area (Å²) in [4.78, 5) is 24.6. The van der Waals surface area contributed by atoms with Gasteiger partial charge in [-0.25, -0.2) is 4.79 Å². The predicted octanol–water partition coefficient (Wildman–Crippen LogP) is 5.67. The maximum Gasteiger partial charge on any atom is 0.416 e. The van der Waals surface area contributed by atoms with E-state index in [-0.39, 0.29) is 35.2 Å². The Kier molecular flexibility index (Phi) is 7.34. The van der Waals surface area contributed by atoms with Crippen LogP contribution in [0.3, 0.4) is 0 Å².